The SMILES string of the molecule is C1CCC2C3NC(NC4NC(NC5NC(NC6NC(N3)C3CCCCC63)C3CCCCC53)C3CCCCC43)C2C1.O=C1OC(=O)c2ccccc21. The van der Waals surface area contributed by atoms with Gasteiger partial charge in [0.25, 0.3) is 0 Å². The fraction of sp³-hybridized carbons (Fsp3) is 0.800. The van der Waals surface area contributed by atoms with Gasteiger partial charge < -0.3 is 4.74 Å². The highest BCUT2D eigenvalue weighted by atomic mass is 16.6. The molecular formula is C40H60N8O3. The summed E-state index contributed by atoms with van der Waals surface area (Å²) >= 11 is 0. The number of cyclic esters (lactones) is 2. The van der Waals surface area contributed by atoms with E-state index >= 15 is 0 Å². The van der Waals surface area contributed by atoms with Crippen LogP contribution in [0.5, 0.6) is 0 Å². The maximum Gasteiger partial charge on any atom is 0.346 e. The van der Waals surface area contributed by atoms with E-state index in [1.54, 1.807) is 24.3 Å². The molecular weight excluding hydrogens is 640 g/mol. The fourth-order valence-electron chi connectivity index (χ4n) is 13.0. The van der Waals surface area contributed by atoms with Crippen LogP contribution in [0.3, 0.4) is 0 Å². The number of rotatable bonds is 0. The maximum atomic E-state index is 10.8. The molecule has 278 valence electrons. The molecule has 11 rings (SSSR count). The lowest BCUT2D eigenvalue weighted by Crippen LogP contribution is -2.61. The highest BCUT2D eigenvalue weighted by Crippen LogP contribution is 2.45. The maximum absolute atomic E-state index is 10.8. The monoisotopic (exact) mass is 700 g/mol. The van der Waals surface area contributed by atoms with Crippen molar-refractivity contribution in [2.45, 2.75) is 152 Å². The first-order valence-electron chi connectivity index (χ1n) is 21.0. The number of ether oxygens (including phenoxy) is 1. The lowest BCUT2D eigenvalue weighted by molar-refractivity contribution is 0.0443. The fourth-order valence-corrected chi connectivity index (χ4v) is 13.0. The predicted molar refractivity (Wildman–Crippen MR) is 193 cm³/mol. The molecule has 5 saturated heterocycles. The third-order valence-electron chi connectivity index (χ3n) is 15.3. The van der Waals surface area contributed by atoms with Crippen LogP contribution in [0.2, 0.25) is 0 Å². The van der Waals surface area contributed by atoms with Gasteiger partial charge in [0.1, 0.15) is 0 Å². The zero-order valence-corrected chi connectivity index (χ0v) is 30.1. The van der Waals surface area contributed by atoms with Crippen LogP contribution in [-0.4, -0.2) is 61.3 Å². The molecule has 8 bridgehead atoms. The smallest absolute Gasteiger partial charge is 0.346 e. The van der Waals surface area contributed by atoms with E-state index in [9.17, 15) is 9.59 Å². The van der Waals surface area contributed by atoms with Gasteiger partial charge in [-0.1, -0.05) is 63.5 Å². The summed E-state index contributed by atoms with van der Waals surface area (Å²) in [6.45, 7) is 0. The minimum atomic E-state index is -0.550. The van der Waals surface area contributed by atoms with Crippen LogP contribution in [0.15, 0.2) is 24.3 Å². The second kappa shape index (κ2) is 14.0. The summed E-state index contributed by atoms with van der Waals surface area (Å²) in [6.07, 6.45) is 25.6. The summed E-state index contributed by atoms with van der Waals surface area (Å²) in [5.41, 5.74) is 0.718. The minimum absolute atomic E-state index is 0.359. The Morgan fingerprint density at radius 1 is 0.353 bits per heavy atom. The summed E-state index contributed by atoms with van der Waals surface area (Å²) in [5.74, 6) is 4.87. The summed E-state index contributed by atoms with van der Waals surface area (Å²) in [4.78, 5) is 21.7. The van der Waals surface area contributed by atoms with Crippen LogP contribution in [0.4, 0.5) is 0 Å². The number of nitrogens with one attached hydrogen (secondary N) is 8. The van der Waals surface area contributed by atoms with Crippen molar-refractivity contribution in [1.29, 1.82) is 0 Å². The Labute approximate surface area is 303 Å². The molecule has 8 N–H and O–H groups in total. The molecule has 8 atom stereocenters. The van der Waals surface area contributed by atoms with Crippen molar-refractivity contribution in [1.82, 2.24) is 42.5 Å². The van der Waals surface area contributed by atoms with Crippen LogP contribution in [0, 0.1) is 47.3 Å². The molecule has 8 unspecified atom stereocenters. The molecule has 6 heterocycles. The summed E-state index contributed by atoms with van der Waals surface area (Å²) in [7, 11) is 0. The largest absolute Gasteiger partial charge is 0.386 e. The number of fused-ring (bicyclic) bond motifs is 21. The highest BCUT2D eigenvalue weighted by Gasteiger charge is 2.54. The van der Waals surface area contributed by atoms with E-state index in [0.717, 1.165) is 47.3 Å². The molecule has 0 radical (unpaired) electrons. The molecule has 0 spiro atoms. The highest BCUT2D eigenvalue weighted by molar-refractivity contribution is 6.14. The van der Waals surface area contributed by atoms with Crippen LogP contribution in [0.1, 0.15) is 123 Å². The molecule has 4 saturated carbocycles. The van der Waals surface area contributed by atoms with E-state index < -0.39 is 11.9 Å². The second-order valence-corrected chi connectivity index (χ2v) is 17.8. The lowest BCUT2D eigenvalue weighted by atomic mass is 9.76. The van der Waals surface area contributed by atoms with Gasteiger partial charge in [0.2, 0.25) is 0 Å². The average Bonchev–Trinajstić information content (AvgIpc) is 3.96. The Bertz CT molecular complexity index is 1220. The third kappa shape index (κ3) is 6.12. The Hall–Kier alpha value is -1.96. The number of benzene rings is 1. The number of carbonyl (C=O) groups excluding carboxylic acids is 2. The van der Waals surface area contributed by atoms with Gasteiger partial charge in [-0.05, 0) is 111 Å². The van der Waals surface area contributed by atoms with Gasteiger partial charge in [-0.2, -0.15) is 0 Å². The van der Waals surface area contributed by atoms with Gasteiger partial charge >= 0.3 is 11.9 Å². The molecule has 10 aliphatic rings. The van der Waals surface area contributed by atoms with Crippen LogP contribution < -0.4 is 42.5 Å². The van der Waals surface area contributed by atoms with Crippen molar-refractivity contribution in [2.24, 2.45) is 47.3 Å². The number of hydrogen-bond donors (Lipinski definition) is 8. The molecule has 9 fully saturated rings. The topological polar surface area (TPSA) is 140 Å². The molecule has 0 aromatic heterocycles. The average molecular weight is 701 g/mol. The summed E-state index contributed by atoms with van der Waals surface area (Å²) in [5, 5.41) is 33.8. The van der Waals surface area contributed by atoms with E-state index in [0.29, 0.717) is 60.5 Å². The Morgan fingerprint density at radius 2 is 0.549 bits per heavy atom. The Balaban J connectivity index is 0.000000254. The van der Waals surface area contributed by atoms with Crippen molar-refractivity contribution >= 4 is 11.9 Å². The van der Waals surface area contributed by atoms with Crippen molar-refractivity contribution < 1.29 is 14.3 Å². The standard InChI is InChI=1S/C32H56N8.C8H4O3/c1-2-10-18-17(9-1)25-33-26(18)38-28-21-13-5-6-14-22(21)30(35-28)40-32-24-16-8-7-15-23(24)31(36-32)39-29-20-12-4-3-11-19(20)27(34-29)37-25;9-7-5-3-1-2-4-6(5)8(10)11-7/h17-40H,1-16H2;1-4H. The molecule has 0 amide bonds. The first kappa shape index (κ1) is 33.6. The zero-order chi connectivity index (χ0) is 34.1. The number of hydrogen-bond acceptors (Lipinski definition) is 11. The van der Waals surface area contributed by atoms with Crippen molar-refractivity contribution in [3.8, 4) is 0 Å². The van der Waals surface area contributed by atoms with Gasteiger partial charge in [0.05, 0.1) is 60.5 Å². The Kier molecular flexibility index (Phi) is 9.24. The van der Waals surface area contributed by atoms with Crippen LogP contribution in [0.25, 0.3) is 0 Å². The molecule has 11 nitrogen and oxygen atoms in total. The molecule has 11 heteroatoms. The Morgan fingerprint density at radius 3 is 0.745 bits per heavy atom. The minimum Gasteiger partial charge on any atom is -0.386 e. The van der Waals surface area contributed by atoms with Gasteiger partial charge in [-0.25, -0.2) is 9.59 Å². The second-order valence-electron chi connectivity index (χ2n) is 17.8. The first-order valence-corrected chi connectivity index (χ1v) is 21.0. The lowest BCUT2D eigenvalue weighted by Gasteiger charge is -2.35. The van der Waals surface area contributed by atoms with E-state index in [2.05, 4.69) is 47.3 Å². The molecule has 4 aliphatic carbocycles. The van der Waals surface area contributed by atoms with E-state index in [1.165, 1.54) is 103 Å². The van der Waals surface area contributed by atoms with E-state index in [4.69, 9.17) is 0 Å². The van der Waals surface area contributed by atoms with Gasteiger partial charge in [-0.3, -0.25) is 42.5 Å². The normalized spacial score (nSPS) is 48.3. The van der Waals surface area contributed by atoms with Crippen LogP contribution in [-0.2, 0) is 4.74 Å². The zero-order valence-electron chi connectivity index (χ0n) is 30.1. The molecule has 6 aliphatic heterocycles. The van der Waals surface area contributed by atoms with Gasteiger partial charge in [0.15, 0.2) is 0 Å². The van der Waals surface area contributed by atoms with Crippen molar-refractivity contribution in [3.63, 3.8) is 0 Å². The molecule has 1 aromatic rings. The summed E-state index contributed by atoms with van der Waals surface area (Å²) < 4.78 is 4.35. The summed E-state index contributed by atoms with van der Waals surface area (Å²) in [6, 6.07) is 6.53. The first-order chi connectivity index (χ1) is 25.1. The third-order valence-corrected chi connectivity index (χ3v) is 15.3. The van der Waals surface area contributed by atoms with Crippen molar-refractivity contribution in [2.75, 3.05) is 0 Å². The predicted octanol–water partition coefficient (Wildman–Crippen LogP) is 3.60. The van der Waals surface area contributed by atoms with Gasteiger partial charge in [0, 0.05) is 0 Å². The van der Waals surface area contributed by atoms with Crippen molar-refractivity contribution in [3.05, 3.63) is 35.4 Å². The number of carbonyl (C=O) groups is 2. The van der Waals surface area contributed by atoms with Crippen LogP contribution >= 0.6 is 0 Å². The number of esters is 2. The quantitative estimate of drug-likeness (QED) is 0.149. The van der Waals surface area contributed by atoms with E-state index in [-0.39, 0.29) is 0 Å². The van der Waals surface area contributed by atoms with E-state index in [1.807, 2.05) is 0 Å². The van der Waals surface area contributed by atoms with Gasteiger partial charge in [-0.15, -0.1) is 0 Å². The molecule has 51 heavy (non-hydrogen) atoms. The molecule has 1 aromatic carbocycles.